The minimum absolute atomic E-state index is 0.0399. The van der Waals surface area contributed by atoms with Gasteiger partial charge in [0.2, 0.25) is 5.91 Å². The Morgan fingerprint density at radius 1 is 1.18 bits per heavy atom. The van der Waals surface area contributed by atoms with E-state index in [2.05, 4.69) is 0 Å². The summed E-state index contributed by atoms with van der Waals surface area (Å²) in [5.41, 5.74) is 6.20. The van der Waals surface area contributed by atoms with Crippen LogP contribution in [0.3, 0.4) is 0 Å². The van der Waals surface area contributed by atoms with Crippen LogP contribution in [0.2, 0.25) is 0 Å². The largest absolute Gasteiger partial charge is 0.299 e. The number of nitrogens with one attached hydrogen (secondary N) is 1. The summed E-state index contributed by atoms with van der Waals surface area (Å²) < 4.78 is 0. The molecule has 3 nitrogen and oxygen atoms in total. The average Bonchev–Trinajstić information content (AvgIpc) is 1.80. The van der Waals surface area contributed by atoms with Gasteiger partial charge in [-0.1, -0.05) is 20.8 Å². The van der Waals surface area contributed by atoms with Crippen LogP contribution in [0.4, 0.5) is 0 Å². The van der Waals surface area contributed by atoms with Crippen LogP contribution in [0.5, 0.6) is 0 Å². The zero-order valence-corrected chi connectivity index (χ0v) is 7.23. The molecule has 0 atom stereocenters. The Kier molecular flexibility index (Phi) is 3.23. The average molecular weight is 156 g/mol. The van der Waals surface area contributed by atoms with Crippen molar-refractivity contribution >= 4 is 11.7 Å². The van der Waals surface area contributed by atoms with Crippen molar-refractivity contribution in [1.29, 1.82) is 0 Å². The van der Waals surface area contributed by atoms with Gasteiger partial charge >= 0.3 is 0 Å². The van der Waals surface area contributed by atoms with Crippen LogP contribution in [-0.2, 0) is 9.59 Å². The molecule has 0 aliphatic carbocycles. The Hall–Kier alpha value is -0.860. The van der Waals surface area contributed by atoms with Crippen molar-refractivity contribution in [2.75, 3.05) is 0 Å². The Morgan fingerprint density at radius 3 is 1.91 bits per heavy atom. The van der Waals surface area contributed by atoms with Gasteiger partial charge in [0.1, 0.15) is 5.78 Å². The molecule has 1 radical (unpaired) electrons. The molecule has 0 fully saturated rings. The second kappa shape index (κ2) is 3.51. The first-order valence-corrected chi connectivity index (χ1v) is 3.62. The summed E-state index contributed by atoms with van der Waals surface area (Å²) in [5.74, 6) is -0.624. The third-order valence-corrected chi connectivity index (χ3v) is 1.42. The van der Waals surface area contributed by atoms with Gasteiger partial charge in [0.25, 0.3) is 0 Å². The van der Waals surface area contributed by atoms with Gasteiger partial charge in [-0.2, -0.15) is 0 Å². The third kappa shape index (κ3) is 4.53. The number of amides is 1. The molecule has 1 amide bonds. The predicted molar refractivity (Wildman–Crippen MR) is 41.8 cm³/mol. The fourth-order valence-corrected chi connectivity index (χ4v) is 0.602. The first-order chi connectivity index (χ1) is 4.84. The number of hydrogen-bond donors (Lipinski definition) is 0. The van der Waals surface area contributed by atoms with E-state index in [1.807, 2.05) is 20.8 Å². The van der Waals surface area contributed by atoms with Gasteiger partial charge in [-0.15, -0.1) is 0 Å². The fraction of sp³-hybridized carbons (Fsp3) is 0.750. The number of ketones is 1. The molecule has 1 N–H and O–H groups in total. The minimum atomic E-state index is -0.664. The van der Waals surface area contributed by atoms with Crippen LogP contribution >= 0.6 is 0 Å². The maximum atomic E-state index is 11.1. The smallest absolute Gasteiger partial charge is 0.238 e. The van der Waals surface area contributed by atoms with Crippen LogP contribution in [0, 0.1) is 5.41 Å². The predicted octanol–water partition coefficient (Wildman–Crippen LogP) is 1.19. The van der Waals surface area contributed by atoms with E-state index in [9.17, 15) is 9.59 Å². The highest BCUT2D eigenvalue weighted by Gasteiger charge is 2.20. The number of rotatable bonds is 3. The molecule has 0 aliphatic rings. The van der Waals surface area contributed by atoms with Crippen LogP contribution in [0.1, 0.15) is 33.6 Å². The molecule has 0 aromatic carbocycles. The summed E-state index contributed by atoms with van der Waals surface area (Å²) >= 11 is 0. The molecule has 0 saturated heterocycles. The summed E-state index contributed by atoms with van der Waals surface area (Å²) in [6, 6.07) is 0. The number of Topliss-reactive ketones (excluding diaryl/α,β-unsaturated/α-hetero) is 1. The molecule has 0 bridgehead atoms. The van der Waals surface area contributed by atoms with Gasteiger partial charge in [0, 0.05) is 18.3 Å². The minimum Gasteiger partial charge on any atom is -0.299 e. The zero-order chi connectivity index (χ0) is 9.07. The van der Waals surface area contributed by atoms with Crippen LogP contribution in [-0.4, -0.2) is 11.7 Å². The second-order valence-electron chi connectivity index (χ2n) is 3.60. The van der Waals surface area contributed by atoms with Gasteiger partial charge in [-0.25, -0.2) is 0 Å². The molecule has 0 aliphatic heterocycles. The lowest BCUT2D eigenvalue weighted by molar-refractivity contribution is -0.129. The first kappa shape index (κ1) is 10.1. The molecule has 0 spiro atoms. The van der Waals surface area contributed by atoms with E-state index in [0.29, 0.717) is 0 Å². The standard InChI is InChI=1S/C8H14NO2/c1-8(2,3)6(10)4-5-7(9)11/h9H,4-5H2,1-3H3. The molecule has 0 unspecified atom stereocenters. The van der Waals surface area contributed by atoms with Gasteiger partial charge in [0.15, 0.2) is 0 Å². The van der Waals surface area contributed by atoms with Crippen molar-refractivity contribution in [3.05, 3.63) is 0 Å². The first-order valence-electron chi connectivity index (χ1n) is 3.62. The highest BCUT2D eigenvalue weighted by Crippen LogP contribution is 2.17. The molecule has 0 aromatic rings. The van der Waals surface area contributed by atoms with Crippen molar-refractivity contribution < 1.29 is 9.59 Å². The summed E-state index contributed by atoms with van der Waals surface area (Å²) in [7, 11) is 0. The topological polar surface area (TPSA) is 57.9 Å². The Balaban J connectivity index is 3.80. The maximum Gasteiger partial charge on any atom is 0.238 e. The quantitative estimate of drug-likeness (QED) is 0.616. The summed E-state index contributed by atoms with van der Waals surface area (Å²) in [6.07, 6.45) is 0.252. The van der Waals surface area contributed by atoms with Gasteiger partial charge in [-0.3, -0.25) is 15.3 Å². The van der Waals surface area contributed by atoms with Crippen molar-refractivity contribution in [3.8, 4) is 0 Å². The van der Waals surface area contributed by atoms with Crippen molar-refractivity contribution in [3.63, 3.8) is 0 Å². The molecule has 0 heterocycles. The molecule has 0 rings (SSSR count). The zero-order valence-electron chi connectivity index (χ0n) is 7.23. The van der Waals surface area contributed by atoms with E-state index in [0.717, 1.165) is 0 Å². The van der Waals surface area contributed by atoms with Crippen molar-refractivity contribution in [2.24, 2.45) is 5.41 Å². The highest BCUT2D eigenvalue weighted by molar-refractivity contribution is 5.87. The fourth-order valence-electron chi connectivity index (χ4n) is 0.602. The van der Waals surface area contributed by atoms with E-state index in [4.69, 9.17) is 5.73 Å². The lowest BCUT2D eigenvalue weighted by Crippen LogP contribution is -2.20. The van der Waals surface area contributed by atoms with E-state index in [1.165, 1.54) is 0 Å². The molecular weight excluding hydrogens is 142 g/mol. The monoisotopic (exact) mass is 156 g/mol. The van der Waals surface area contributed by atoms with E-state index in [1.54, 1.807) is 0 Å². The molecule has 0 aromatic heterocycles. The molecule has 0 saturated carbocycles. The second-order valence-corrected chi connectivity index (χ2v) is 3.60. The summed E-state index contributed by atoms with van der Waals surface area (Å²) in [6.45, 7) is 5.43. The maximum absolute atomic E-state index is 11.1. The lowest BCUT2D eigenvalue weighted by Gasteiger charge is -2.15. The van der Waals surface area contributed by atoms with Crippen molar-refractivity contribution in [1.82, 2.24) is 5.73 Å². The Morgan fingerprint density at radius 2 is 1.64 bits per heavy atom. The van der Waals surface area contributed by atoms with Gasteiger partial charge < -0.3 is 0 Å². The summed E-state index contributed by atoms with van der Waals surface area (Å²) in [4.78, 5) is 21.3. The number of carbonyl (C=O) groups excluding carboxylic acids is 2. The number of hydrogen-bond acceptors (Lipinski definition) is 2. The Bertz CT molecular complexity index is 167. The number of carbonyl (C=O) groups is 2. The SMILES string of the molecule is CC(C)(C)C(=O)CCC([NH])=O. The molecule has 11 heavy (non-hydrogen) atoms. The van der Waals surface area contributed by atoms with Gasteiger partial charge in [0.05, 0.1) is 0 Å². The normalized spacial score (nSPS) is 11.2. The lowest BCUT2D eigenvalue weighted by atomic mass is 9.88. The molecule has 3 heteroatoms. The third-order valence-electron chi connectivity index (χ3n) is 1.42. The van der Waals surface area contributed by atoms with Gasteiger partial charge in [-0.05, 0) is 0 Å². The highest BCUT2D eigenvalue weighted by atomic mass is 16.1. The van der Waals surface area contributed by atoms with Crippen LogP contribution < -0.4 is 5.73 Å². The molecule has 63 valence electrons. The van der Waals surface area contributed by atoms with E-state index >= 15 is 0 Å². The summed E-state index contributed by atoms with van der Waals surface area (Å²) in [5, 5.41) is 0. The molecular formula is C8H14NO2. The van der Waals surface area contributed by atoms with E-state index in [-0.39, 0.29) is 24.0 Å². The van der Waals surface area contributed by atoms with E-state index < -0.39 is 5.91 Å². The van der Waals surface area contributed by atoms with Crippen molar-refractivity contribution in [2.45, 2.75) is 33.6 Å². The van der Waals surface area contributed by atoms with Crippen LogP contribution in [0.15, 0.2) is 0 Å². The van der Waals surface area contributed by atoms with Crippen LogP contribution in [0.25, 0.3) is 0 Å². The Labute approximate surface area is 67.0 Å².